The van der Waals surface area contributed by atoms with E-state index in [0.717, 1.165) is 10.0 Å². The average Bonchev–Trinajstić information content (AvgIpc) is 2.75. The monoisotopic (exact) mass is 504 g/mol. The molecule has 2 aromatic carbocycles. The van der Waals surface area contributed by atoms with E-state index < -0.39 is 24.5 Å². The van der Waals surface area contributed by atoms with Gasteiger partial charge in [-0.3, -0.25) is 14.4 Å². The summed E-state index contributed by atoms with van der Waals surface area (Å²) in [5.74, 6) is -1.70. The molecule has 2 N–H and O–H groups in total. The van der Waals surface area contributed by atoms with Crippen LogP contribution in [-0.4, -0.2) is 37.0 Å². The number of hydrogen-bond acceptors (Lipinski definition) is 6. The summed E-state index contributed by atoms with van der Waals surface area (Å²) in [6, 6.07) is 11.7. The fraction of sp³-hybridized carbons (Fsp3) is 0.304. The lowest BCUT2D eigenvalue weighted by atomic mass is 10.2. The summed E-state index contributed by atoms with van der Waals surface area (Å²) in [4.78, 5) is 47.3. The molecule has 2 amide bonds. The maximum Gasteiger partial charge on any atom is 0.338 e. The van der Waals surface area contributed by atoms with Crippen molar-refractivity contribution < 1.29 is 28.7 Å². The summed E-state index contributed by atoms with van der Waals surface area (Å²) in [5.41, 5.74) is 2.50. The summed E-state index contributed by atoms with van der Waals surface area (Å²) in [6.07, 6.45) is 0.401. The molecule has 8 nitrogen and oxygen atoms in total. The largest absolute Gasteiger partial charge is 0.462 e. The first-order valence-corrected chi connectivity index (χ1v) is 10.9. The van der Waals surface area contributed by atoms with Gasteiger partial charge in [-0.25, -0.2) is 4.79 Å². The zero-order valence-corrected chi connectivity index (χ0v) is 19.5. The number of rotatable bonds is 10. The molecule has 0 saturated heterocycles. The van der Waals surface area contributed by atoms with Crippen molar-refractivity contribution in [1.82, 2.24) is 0 Å². The number of carbonyl (C=O) groups excluding carboxylic acids is 4. The molecule has 0 spiro atoms. The van der Waals surface area contributed by atoms with Crippen molar-refractivity contribution in [1.29, 1.82) is 0 Å². The number of anilines is 2. The molecule has 2 rings (SSSR count). The van der Waals surface area contributed by atoms with Crippen LogP contribution in [0.5, 0.6) is 0 Å². The zero-order valence-electron chi connectivity index (χ0n) is 17.9. The van der Waals surface area contributed by atoms with Gasteiger partial charge in [0.2, 0.25) is 5.91 Å². The van der Waals surface area contributed by atoms with Gasteiger partial charge in [0.25, 0.3) is 5.91 Å². The van der Waals surface area contributed by atoms with Crippen LogP contribution in [0, 0.1) is 6.92 Å². The van der Waals surface area contributed by atoms with E-state index >= 15 is 0 Å². The van der Waals surface area contributed by atoms with E-state index in [0.29, 0.717) is 16.9 Å². The molecule has 32 heavy (non-hydrogen) atoms. The number of esters is 2. The number of ether oxygens (including phenoxy) is 2. The first kappa shape index (κ1) is 25.1. The van der Waals surface area contributed by atoms with Gasteiger partial charge in [0, 0.05) is 28.7 Å². The number of benzene rings is 2. The van der Waals surface area contributed by atoms with Crippen LogP contribution >= 0.6 is 15.9 Å². The van der Waals surface area contributed by atoms with Crippen molar-refractivity contribution in [2.24, 2.45) is 0 Å². The quantitative estimate of drug-likeness (QED) is 0.468. The number of nitrogens with one attached hydrogen (secondary N) is 2. The van der Waals surface area contributed by atoms with Crippen LogP contribution in [0.1, 0.15) is 42.1 Å². The molecule has 0 radical (unpaired) electrons. The van der Waals surface area contributed by atoms with E-state index in [9.17, 15) is 19.2 Å². The maximum absolute atomic E-state index is 12.0. The summed E-state index contributed by atoms with van der Waals surface area (Å²) in [5, 5.41) is 5.34. The normalized spacial score (nSPS) is 10.2. The lowest BCUT2D eigenvalue weighted by Gasteiger charge is -2.08. The van der Waals surface area contributed by atoms with Gasteiger partial charge in [0.05, 0.1) is 12.2 Å². The second-order valence-corrected chi connectivity index (χ2v) is 7.73. The Morgan fingerprint density at radius 3 is 2.19 bits per heavy atom. The van der Waals surface area contributed by atoms with Crippen LogP contribution in [0.3, 0.4) is 0 Å². The van der Waals surface area contributed by atoms with E-state index in [1.165, 1.54) is 0 Å². The molecule has 0 saturated carbocycles. The third-order valence-electron chi connectivity index (χ3n) is 4.27. The number of hydrogen-bond donors (Lipinski definition) is 2. The molecular weight excluding hydrogens is 480 g/mol. The van der Waals surface area contributed by atoms with Gasteiger partial charge in [-0.2, -0.15) is 0 Å². The van der Waals surface area contributed by atoms with Crippen LogP contribution < -0.4 is 10.6 Å². The molecule has 170 valence electrons. The fourth-order valence-electron chi connectivity index (χ4n) is 2.66. The lowest BCUT2D eigenvalue weighted by molar-refractivity contribution is -0.147. The van der Waals surface area contributed by atoms with Crippen molar-refractivity contribution in [3.63, 3.8) is 0 Å². The highest BCUT2D eigenvalue weighted by molar-refractivity contribution is 9.10. The summed E-state index contributed by atoms with van der Waals surface area (Å²) in [6.45, 7) is 3.51. The highest BCUT2D eigenvalue weighted by Crippen LogP contribution is 2.20. The van der Waals surface area contributed by atoms with Crippen LogP contribution in [0.15, 0.2) is 46.9 Å². The Balaban J connectivity index is 1.65. The molecule has 2 aromatic rings. The van der Waals surface area contributed by atoms with E-state index in [-0.39, 0.29) is 31.8 Å². The van der Waals surface area contributed by atoms with Gasteiger partial charge in [0.15, 0.2) is 6.61 Å². The van der Waals surface area contributed by atoms with E-state index in [1.54, 1.807) is 43.3 Å². The van der Waals surface area contributed by atoms with Crippen molar-refractivity contribution in [2.45, 2.75) is 33.1 Å². The Morgan fingerprint density at radius 1 is 0.875 bits per heavy atom. The van der Waals surface area contributed by atoms with Gasteiger partial charge < -0.3 is 20.1 Å². The van der Waals surface area contributed by atoms with E-state index in [1.807, 2.05) is 13.0 Å². The molecule has 0 aromatic heterocycles. The Bertz CT molecular complexity index is 975. The standard InChI is InChI=1S/C23H25BrN2O6/c1-3-31-23(30)16-7-9-17(10-8-16)25-20(27)5-4-6-22(29)32-14-21(28)26-18-11-12-19(24)15(2)13-18/h7-13H,3-6,14H2,1-2H3,(H,25,27)(H,26,28). The average molecular weight is 505 g/mol. The fourth-order valence-corrected chi connectivity index (χ4v) is 2.91. The molecule has 0 aliphatic heterocycles. The SMILES string of the molecule is CCOC(=O)c1ccc(NC(=O)CCCC(=O)OCC(=O)Nc2ccc(Br)c(C)c2)cc1. The Hall–Kier alpha value is -3.20. The molecule has 0 heterocycles. The first-order chi connectivity index (χ1) is 15.3. The molecule has 0 aliphatic carbocycles. The van der Waals surface area contributed by atoms with Gasteiger partial charge in [0.1, 0.15) is 0 Å². The predicted octanol–water partition coefficient (Wildman–Crippen LogP) is 4.22. The zero-order chi connectivity index (χ0) is 23.5. The third kappa shape index (κ3) is 8.50. The smallest absolute Gasteiger partial charge is 0.338 e. The maximum atomic E-state index is 12.0. The van der Waals surface area contributed by atoms with E-state index in [4.69, 9.17) is 9.47 Å². The second-order valence-electron chi connectivity index (χ2n) is 6.87. The minimum absolute atomic E-state index is 0.0138. The van der Waals surface area contributed by atoms with Crippen molar-refractivity contribution >= 4 is 51.1 Å². The third-order valence-corrected chi connectivity index (χ3v) is 5.16. The number of halogens is 1. The lowest BCUT2D eigenvalue weighted by Crippen LogP contribution is -2.21. The Morgan fingerprint density at radius 2 is 1.53 bits per heavy atom. The van der Waals surface area contributed by atoms with E-state index in [2.05, 4.69) is 26.6 Å². The van der Waals surface area contributed by atoms with Crippen molar-refractivity contribution in [3.05, 3.63) is 58.1 Å². The highest BCUT2D eigenvalue weighted by atomic mass is 79.9. The molecule has 0 atom stereocenters. The molecular formula is C23H25BrN2O6. The molecule has 9 heteroatoms. The Kier molecular flexibility index (Phi) is 9.87. The van der Waals surface area contributed by atoms with Gasteiger partial charge in [-0.1, -0.05) is 15.9 Å². The van der Waals surface area contributed by atoms with Crippen molar-refractivity contribution in [2.75, 3.05) is 23.8 Å². The molecule has 0 bridgehead atoms. The molecule has 0 aliphatic rings. The number of carbonyl (C=O) groups is 4. The van der Waals surface area contributed by atoms with Gasteiger partial charge in [-0.15, -0.1) is 0 Å². The number of amides is 2. The van der Waals surface area contributed by atoms with Crippen LogP contribution in [0.2, 0.25) is 0 Å². The molecule has 0 unspecified atom stereocenters. The van der Waals surface area contributed by atoms with Crippen LogP contribution in [-0.2, 0) is 23.9 Å². The summed E-state index contributed by atoms with van der Waals surface area (Å²) >= 11 is 3.38. The molecule has 0 fully saturated rings. The van der Waals surface area contributed by atoms with Crippen LogP contribution in [0.4, 0.5) is 11.4 Å². The Labute approximate surface area is 194 Å². The van der Waals surface area contributed by atoms with Gasteiger partial charge >= 0.3 is 11.9 Å². The summed E-state index contributed by atoms with van der Waals surface area (Å²) < 4.78 is 10.8. The van der Waals surface area contributed by atoms with Gasteiger partial charge in [-0.05, 0) is 68.3 Å². The highest BCUT2D eigenvalue weighted by Gasteiger charge is 2.11. The van der Waals surface area contributed by atoms with Crippen molar-refractivity contribution in [3.8, 4) is 0 Å². The minimum Gasteiger partial charge on any atom is -0.462 e. The van der Waals surface area contributed by atoms with Crippen LogP contribution in [0.25, 0.3) is 0 Å². The number of aryl methyl sites for hydroxylation is 1. The second kappa shape index (κ2) is 12.6. The topological polar surface area (TPSA) is 111 Å². The summed E-state index contributed by atoms with van der Waals surface area (Å²) in [7, 11) is 0. The predicted molar refractivity (Wildman–Crippen MR) is 123 cm³/mol. The minimum atomic E-state index is -0.557. The first-order valence-electron chi connectivity index (χ1n) is 10.1.